The third-order valence-electron chi connectivity index (χ3n) is 2.58. The molecule has 0 saturated heterocycles. The summed E-state index contributed by atoms with van der Waals surface area (Å²) in [4.78, 5) is 33.3. The number of nitrogens with zero attached hydrogens (tertiary/aromatic N) is 4. The largest absolute Gasteiger partial charge is 0.467 e. The molecule has 0 bridgehead atoms. The molecule has 0 unspecified atom stereocenters. The first-order valence-corrected chi connectivity index (χ1v) is 5.79. The van der Waals surface area contributed by atoms with Crippen LogP contribution in [0.2, 0.25) is 0 Å². The molecule has 0 spiro atoms. The lowest BCUT2D eigenvalue weighted by Crippen LogP contribution is -2.13. The second-order valence-corrected chi connectivity index (χ2v) is 3.85. The fourth-order valence-electron chi connectivity index (χ4n) is 1.63. The molecular weight excluding hydrogens is 299 g/mol. The van der Waals surface area contributed by atoms with Crippen LogP contribution < -0.4 is 9.47 Å². The van der Waals surface area contributed by atoms with Crippen LogP contribution in [0.25, 0.3) is 0 Å². The smallest absolute Gasteiger partial charge is 0.323 e. The molecule has 0 fully saturated rings. The average Bonchev–Trinajstić information content (AvgIpc) is 2.52. The first kappa shape index (κ1) is 15.2. The second kappa shape index (κ2) is 6.08. The van der Waals surface area contributed by atoms with Crippen molar-refractivity contribution in [3.8, 4) is 12.0 Å². The summed E-state index contributed by atoms with van der Waals surface area (Å²) in [6.07, 6.45) is 0. The number of para-hydroxylation sites is 1. The SMILES string of the molecule is COc1nc(OC)nc(C(=O)c2cccc(F)c2[N+](=O)[O-])n1. The van der Waals surface area contributed by atoms with Gasteiger partial charge in [-0.05, 0) is 12.1 Å². The number of hydrogen-bond donors (Lipinski definition) is 0. The van der Waals surface area contributed by atoms with E-state index in [1.165, 1.54) is 20.3 Å². The highest BCUT2D eigenvalue weighted by Crippen LogP contribution is 2.24. The number of ether oxygens (including phenoxy) is 2. The van der Waals surface area contributed by atoms with Gasteiger partial charge in [0, 0.05) is 0 Å². The van der Waals surface area contributed by atoms with Crippen molar-refractivity contribution in [3.63, 3.8) is 0 Å². The zero-order valence-electron chi connectivity index (χ0n) is 11.4. The highest BCUT2D eigenvalue weighted by molar-refractivity contribution is 6.09. The summed E-state index contributed by atoms with van der Waals surface area (Å²) in [7, 11) is 2.52. The quantitative estimate of drug-likeness (QED) is 0.459. The van der Waals surface area contributed by atoms with E-state index in [1.54, 1.807) is 0 Å². The highest BCUT2D eigenvalue weighted by atomic mass is 19.1. The summed E-state index contributed by atoms with van der Waals surface area (Å²) >= 11 is 0. The van der Waals surface area contributed by atoms with Gasteiger partial charge in [0.05, 0.1) is 19.1 Å². The van der Waals surface area contributed by atoms with Crippen LogP contribution in [0.5, 0.6) is 12.0 Å². The number of hydrogen-bond acceptors (Lipinski definition) is 8. The summed E-state index contributed by atoms with van der Waals surface area (Å²) in [5.74, 6) is -2.55. The van der Waals surface area contributed by atoms with E-state index < -0.39 is 33.6 Å². The molecule has 0 atom stereocenters. The minimum Gasteiger partial charge on any atom is -0.467 e. The molecule has 0 aliphatic heterocycles. The molecule has 22 heavy (non-hydrogen) atoms. The maximum absolute atomic E-state index is 13.6. The summed E-state index contributed by atoms with van der Waals surface area (Å²) in [5, 5.41) is 10.9. The predicted octanol–water partition coefficient (Wildman–Crippen LogP) is 1.17. The molecule has 2 rings (SSSR count). The van der Waals surface area contributed by atoms with E-state index in [2.05, 4.69) is 15.0 Å². The Balaban J connectivity index is 2.58. The molecular formula is C12H9FN4O5. The standard InChI is InChI=1S/C12H9FN4O5/c1-21-11-14-10(15-12(16-11)22-2)9(18)6-4-3-5-7(13)8(6)17(19)20/h3-5H,1-2H3. The van der Waals surface area contributed by atoms with Gasteiger partial charge in [-0.15, -0.1) is 4.98 Å². The Morgan fingerprint density at radius 2 is 1.77 bits per heavy atom. The van der Waals surface area contributed by atoms with Crippen molar-refractivity contribution in [2.75, 3.05) is 14.2 Å². The van der Waals surface area contributed by atoms with Crippen LogP contribution in [-0.4, -0.2) is 39.9 Å². The van der Waals surface area contributed by atoms with Gasteiger partial charge >= 0.3 is 17.7 Å². The summed E-state index contributed by atoms with van der Waals surface area (Å²) in [6, 6.07) is 2.73. The summed E-state index contributed by atoms with van der Waals surface area (Å²) in [5.41, 5.74) is -1.44. The predicted molar refractivity (Wildman–Crippen MR) is 69.4 cm³/mol. The van der Waals surface area contributed by atoms with E-state index in [1.807, 2.05) is 0 Å². The van der Waals surface area contributed by atoms with Crippen LogP contribution >= 0.6 is 0 Å². The molecule has 0 amide bonds. The van der Waals surface area contributed by atoms with Gasteiger partial charge in [-0.25, -0.2) is 0 Å². The Kier molecular flexibility index (Phi) is 4.20. The number of ketones is 1. The van der Waals surface area contributed by atoms with Crippen LogP contribution in [0.3, 0.4) is 0 Å². The molecule has 2 aromatic rings. The van der Waals surface area contributed by atoms with Crippen molar-refractivity contribution in [1.82, 2.24) is 15.0 Å². The van der Waals surface area contributed by atoms with Crippen molar-refractivity contribution >= 4 is 11.5 Å². The van der Waals surface area contributed by atoms with Gasteiger partial charge in [0.2, 0.25) is 17.4 Å². The molecule has 0 radical (unpaired) electrons. The summed E-state index contributed by atoms with van der Waals surface area (Å²) in [6.45, 7) is 0. The van der Waals surface area contributed by atoms with Crippen LogP contribution in [-0.2, 0) is 0 Å². The summed E-state index contributed by atoms with van der Waals surface area (Å²) < 4.78 is 23.1. The van der Waals surface area contributed by atoms with Gasteiger partial charge in [0.15, 0.2) is 0 Å². The van der Waals surface area contributed by atoms with Crippen molar-refractivity contribution in [1.29, 1.82) is 0 Å². The van der Waals surface area contributed by atoms with Crippen molar-refractivity contribution in [2.45, 2.75) is 0 Å². The Morgan fingerprint density at radius 3 is 2.27 bits per heavy atom. The number of benzene rings is 1. The second-order valence-electron chi connectivity index (χ2n) is 3.85. The average molecular weight is 308 g/mol. The lowest BCUT2D eigenvalue weighted by atomic mass is 10.1. The van der Waals surface area contributed by atoms with E-state index >= 15 is 0 Å². The topological polar surface area (TPSA) is 117 Å². The molecule has 0 aliphatic carbocycles. The number of aromatic nitrogens is 3. The fraction of sp³-hybridized carbons (Fsp3) is 0.167. The van der Waals surface area contributed by atoms with Gasteiger partial charge in [-0.2, -0.15) is 14.4 Å². The third-order valence-corrected chi connectivity index (χ3v) is 2.58. The maximum atomic E-state index is 13.6. The maximum Gasteiger partial charge on any atom is 0.323 e. The number of rotatable bonds is 5. The molecule has 1 heterocycles. The molecule has 114 valence electrons. The van der Waals surface area contributed by atoms with Crippen LogP contribution in [0.15, 0.2) is 18.2 Å². The van der Waals surface area contributed by atoms with E-state index in [0.29, 0.717) is 0 Å². The van der Waals surface area contributed by atoms with Gasteiger partial charge in [-0.3, -0.25) is 14.9 Å². The molecule has 0 aliphatic rings. The zero-order valence-corrected chi connectivity index (χ0v) is 11.4. The van der Waals surface area contributed by atoms with E-state index in [4.69, 9.17) is 9.47 Å². The Morgan fingerprint density at radius 1 is 1.18 bits per heavy atom. The Hall–Kier alpha value is -3.17. The number of nitro benzene ring substituents is 1. The Bertz CT molecular complexity index is 730. The number of carbonyl (C=O) groups excluding carboxylic acids is 1. The van der Waals surface area contributed by atoms with E-state index in [-0.39, 0.29) is 12.0 Å². The van der Waals surface area contributed by atoms with Crippen LogP contribution in [0.4, 0.5) is 10.1 Å². The fourth-order valence-corrected chi connectivity index (χ4v) is 1.63. The number of nitro groups is 1. The van der Waals surface area contributed by atoms with Gasteiger partial charge < -0.3 is 9.47 Å². The lowest BCUT2D eigenvalue weighted by Gasteiger charge is -2.05. The normalized spacial score (nSPS) is 10.1. The molecule has 9 nitrogen and oxygen atoms in total. The van der Waals surface area contributed by atoms with Crippen molar-refractivity contribution < 1.29 is 23.6 Å². The minimum atomic E-state index is -1.14. The van der Waals surface area contributed by atoms with E-state index in [0.717, 1.165) is 12.1 Å². The van der Waals surface area contributed by atoms with Gasteiger partial charge in [0.25, 0.3) is 0 Å². The molecule has 10 heteroatoms. The van der Waals surface area contributed by atoms with Crippen LogP contribution in [0, 0.1) is 15.9 Å². The first-order valence-electron chi connectivity index (χ1n) is 5.79. The minimum absolute atomic E-state index is 0.214. The zero-order chi connectivity index (χ0) is 16.3. The molecule has 0 N–H and O–H groups in total. The monoisotopic (exact) mass is 308 g/mol. The van der Waals surface area contributed by atoms with Gasteiger partial charge in [0.1, 0.15) is 5.56 Å². The number of halogens is 1. The molecule has 1 aromatic heterocycles. The highest BCUT2D eigenvalue weighted by Gasteiger charge is 2.28. The van der Waals surface area contributed by atoms with E-state index in [9.17, 15) is 19.3 Å². The van der Waals surface area contributed by atoms with Crippen molar-refractivity contribution in [3.05, 3.63) is 45.5 Å². The molecule has 0 saturated carbocycles. The first-order chi connectivity index (χ1) is 10.5. The third kappa shape index (κ3) is 2.80. The lowest BCUT2D eigenvalue weighted by molar-refractivity contribution is -0.387. The van der Waals surface area contributed by atoms with Gasteiger partial charge in [-0.1, -0.05) is 6.07 Å². The number of carbonyl (C=O) groups is 1. The van der Waals surface area contributed by atoms with Crippen molar-refractivity contribution in [2.24, 2.45) is 0 Å². The number of methoxy groups -OCH3 is 2. The Labute approximate surface area is 122 Å². The molecule has 1 aromatic carbocycles. The van der Waals surface area contributed by atoms with Crippen LogP contribution in [0.1, 0.15) is 16.2 Å².